The Kier molecular flexibility index (Phi) is 8.01. The second-order valence-electron chi connectivity index (χ2n) is 3.10. The van der Waals surface area contributed by atoms with Gasteiger partial charge in [-0.3, -0.25) is 9.18 Å². The van der Waals surface area contributed by atoms with Crippen LogP contribution in [0.3, 0.4) is 0 Å². The largest absolute Gasteiger partial charge is 0.483 e. The monoisotopic (exact) mass is 240 g/mol. The molecule has 0 aromatic heterocycles. The van der Waals surface area contributed by atoms with E-state index in [0.29, 0.717) is 13.0 Å². The van der Waals surface area contributed by atoms with Gasteiger partial charge in [-0.1, -0.05) is 24.3 Å². The standard InChI is InChI=1S/C10H14FN3.CH2O2/c11-6-5-8-1-3-9(4-2-8)7-14-10(12)13;2-1-3/h1-4H,5-7H2,(H4,12,13,14);1H,(H,2,3)/i11-1;. The van der Waals surface area contributed by atoms with Gasteiger partial charge in [0, 0.05) is 6.42 Å². The first kappa shape index (κ1) is 14.9. The summed E-state index contributed by atoms with van der Waals surface area (Å²) in [5.41, 5.74) is 12.4. The van der Waals surface area contributed by atoms with Crippen LogP contribution >= 0.6 is 0 Å². The van der Waals surface area contributed by atoms with Gasteiger partial charge in [0.15, 0.2) is 5.96 Å². The van der Waals surface area contributed by atoms with Crippen molar-refractivity contribution in [1.82, 2.24) is 0 Å². The number of benzene rings is 1. The van der Waals surface area contributed by atoms with Crippen molar-refractivity contribution in [3.8, 4) is 0 Å². The maximum absolute atomic E-state index is 12.0. The predicted octanol–water partition coefficient (Wildman–Crippen LogP) is 0.673. The van der Waals surface area contributed by atoms with E-state index in [1.165, 1.54) is 0 Å². The van der Waals surface area contributed by atoms with Crippen LogP contribution in [-0.2, 0) is 17.8 Å². The number of guanidine groups is 1. The number of nitrogens with two attached hydrogens (primary N) is 2. The van der Waals surface area contributed by atoms with Crippen molar-refractivity contribution in [2.75, 3.05) is 6.67 Å². The predicted molar refractivity (Wildman–Crippen MR) is 64.3 cm³/mol. The average molecular weight is 240 g/mol. The molecular weight excluding hydrogens is 224 g/mol. The van der Waals surface area contributed by atoms with Crippen LogP contribution in [0.2, 0.25) is 0 Å². The van der Waals surface area contributed by atoms with Crippen LogP contribution < -0.4 is 11.5 Å². The van der Waals surface area contributed by atoms with Gasteiger partial charge in [0.25, 0.3) is 6.47 Å². The summed E-state index contributed by atoms with van der Waals surface area (Å²) in [6.45, 7) is -0.106. The first-order valence-electron chi connectivity index (χ1n) is 4.91. The molecule has 0 radical (unpaired) electrons. The third-order valence-corrected chi connectivity index (χ3v) is 1.85. The molecule has 0 aliphatic carbocycles. The van der Waals surface area contributed by atoms with E-state index in [1.807, 2.05) is 24.3 Å². The van der Waals surface area contributed by atoms with Gasteiger partial charge in [-0.25, -0.2) is 4.99 Å². The Morgan fingerprint density at radius 2 is 1.76 bits per heavy atom. The van der Waals surface area contributed by atoms with E-state index in [2.05, 4.69) is 4.99 Å². The average Bonchev–Trinajstić information content (AvgIpc) is 2.29. The molecule has 5 nitrogen and oxygen atoms in total. The van der Waals surface area contributed by atoms with Gasteiger partial charge >= 0.3 is 0 Å². The van der Waals surface area contributed by atoms with Crippen LogP contribution in [0.1, 0.15) is 11.1 Å². The highest BCUT2D eigenvalue weighted by atomic mass is 18.2. The Labute approximate surface area is 99.0 Å². The Balaban J connectivity index is 0.000000770. The van der Waals surface area contributed by atoms with E-state index < -0.39 is 0 Å². The number of hydrogen-bond donors (Lipinski definition) is 3. The second kappa shape index (κ2) is 9.14. The molecule has 94 valence electrons. The number of hydrogen-bond acceptors (Lipinski definition) is 2. The maximum atomic E-state index is 12.0. The molecular formula is C11H16FN3O2. The van der Waals surface area contributed by atoms with E-state index in [1.54, 1.807) is 0 Å². The van der Waals surface area contributed by atoms with Gasteiger partial charge in [0.05, 0.1) is 13.2 Å². The van der Waals surface area contributed by atoms with Crippen LogP contribution in [0.4, 0.5) is 4.39 Å². The molecule has 0 fully saturated rings. The smallest absolute Gasteiger partial charge is 0.290 e. The van der Waals surface area contributed by atoms with Crippen molar-refractivity contribution in [3.63, 3.8) is 0 Å². The summed E-state index contributed by atoms with van der Waals surface area (Å²) in [7, 11) is 0. The number of nitrogens with zero attached hydrogens (tertiary/aromatic N) is 1. The van der Waals surface area contributed by atoms with Gasteiger partial charge in [0.2, 0.25) is 0 Å². The van der Waals surface area contributed by atoms with Crippen LogP contribution in [0.25, 0.3) is 0 Å². The topological polar surface area (TPSA) is 102 Å². The molecule has 0 saturated heterocycles. The van der Waals surface area contributed by atoms with Crippen molar-refractivity contribution in [2.24, 2.45) is 16.5 Å². The molecule has 0 heterocycles. The van der Waals surface area contributed by atoms with Gasteiger partial charge in [-0.2, -0.15) is 0 Å². The summed E-state index contributed by atoms with van der Waals surface area (Å²) in [5.74, 6) is 0.0813. The lowest BCUT2D eigenvalue weighted by atomic mass is 10.1. The van der Waals surface area contributed by atoms with E-state index in [9.17, 15) is 4.39 Å². The number of halogens is 1. The molecule has 0 unspecified atom stereocenters. The zero-order valence-corrected chi connectivity index (χ0v) is 9.34. The fourth-order valence-electron chi connectivity index (χ4n) is 1.10. The van der Waals surface area contributed by atoms with Crippen LogP contribution in [0.5, 0.6) is 0 Å². The van der Waals surface area contributed by atoms with Gasteiger partial charge < -0.3 is 16.6 Å². The zero-order valence-electron chi connectivity index (χ0n) is 9.34. The fourth-order valence-corrected chi connectivity index (χ4v) is 1.10. The molecule has 0 amide bonds. The lowest BCUT2D eigenvalue weighted by Crippen LogP contribution is -2.22. The molecule has 0 spiro atoms. The van der Waals surface area contributed by atoms with E-state index in [4.69, 9.17) is 21.4 Å². The van der Waals surface area contributed by atoms with E-state index >= 15 is 0 Å². The minimum atomic E-state index is -0.326. The Morgan fingerprint density at radius 1 is 1.29 bits per heavy atom. The second-order valence-corrected chi connectivity index (χ2v) is 3.10. The normalized spacial score (nSPS) is 8.76. The van der Waals surface area contributed by atoms with Crippen molar-refractivity contribution in [1.29, 1.82) is 0 Å². The van der Waals surface area contributed by atoms with Crippen molar-refractivity contribution >= 4 is 12.4 Å². The molecule has 1 aromatic rings. The maximum Gasteiger partial charge on any atom is 0.290 e. The number of aryl methyl sites for hydroxylation is 1. The number of alkyl halides is 1. The van der Waals surface area contributed by atoms with Crippen molar-refractivity contribution in [3.05, 3.63) is 35.4 Å². The third kappa shape index (κ3) is 7.78. The van der Waals surface area contributed by atoms with Gasteiger partial charge in [-0.15, -0.1) is 0 Å². The highest BCUT2D eigenvalue weighted by Gasteiger charge is 1.94. The van der Waals surface area contributed by atoms with E-state index in [0.717, 1.165) is 11.1 Å². The number of aliphatic imine (C=N–C) groups is 1. The molecule has 1 aromatic carbocycles. The number of carboxylic acid groups (broad SMARTS) is 1. The number of rotatable bonds is 4. The third-order valence-electron chi connectivity index (χ3n) is 1.85. The lowest BCUT2D eigenvalue weighted by Gasteiger charge is -2.00. The summed E-state index contributed by atoms with van der Waals surface area (Å²) >= 11 is 0. The molecule has 5 N–H and O–H groups in total. The Morgan fingerprint density at radius 3 is 2.18 bits per heavy atom. The van der Waals surface area contributed by atoms with Crippen molar-refractivity contribution < 1.29 is 14.3 Å². The molecule has 0 aliphatic rings. The molecule has 0 saturated carbocycles. The minimum absolute atomic E-state index is 0.0813. The first-order valence-corrected chi connectivity index (χ1v) is 4.91. The summed E-state index contributed by atoms with van der Waals surface area (Å²) in [4.78, 5) is 12.2. The number of carbonyl (C=O) groups is 1. The van der Waals surface area contributed by atoms with Crippen LogP contribution in [0, 0.1) is 0 Å². The zero-order chi connectivity index (χ0) is 13.1. The molecule has 17 heavy (non-hydrogen) atoms. The summed E-state index contributed by atoms with van der Waals surface area (Å²) < 4.78 is 12.0. The summed E-state index contributed by atoms with van der Waals surface area (Å²) in [5, 5.41) is 6.89. The lowest BCUT2D eigenvalue weighted by molar-refractivity contribution is -0.122. The van der Waals surface area contributed by atoms with Crippen LogP contribution in [-0.4, -0.2) is 24.2 Å². The van der Waals surface area contributed by atoms with E-state index in [-0.39, 0.29) is 19.1 Å². The molecule has 0 bridgehead atoms. The van der Waals surface area contributed by atoms with Gasteiger partial charge in [0.1, 0.15) is 0 Å². The SMILES string of the molecule is NC(N)=NCc1ccc(CC[18F])cc1.O=CO. The minimum Gasteiger partial charge on any atom is -0.483 e. The molecule has 0 aliphatic heterocycles. The Bertz CT molecular complexity index is 348. The first-order chi connectivity index (χ1) is 8.13. The molecule has 6 heteroatoms. The molecule has 1 rings (SSSR count). The highest BCUT2D eigenvalue weighted by molar-refractivity contribution is 5.75. The summed E-state index contributed by atoms with van der Waals surface area (Å²) in [6, 6.07) is 7.57. The van der Waals surface area contributed by atoms with Crippen molar-refractivity contribution in [2.45, 2.75) is 13.0 Å². The highest BCUT2D eigenvalue weighted by Crippen LogP contribution is 2.06. The van der Waals surface area contributed by atoms with Crippen LogP contribution in [0.15, 0.2) is 29.3 Å². The quantitative estimate of drug-likeness (QED) is 0.409. The molecule has 0 atom stereocenters. The van der Waals surface area contributed by atoms with Gasteiger partial charge in [-0.05, 0) is 11.1 Å². The summed E-state index contributed by atoms with van der Waals surface area (Å²) in [6.07, 6.45) is 0.461. The Hall–Kier alpha value is -2.11. The fraction of sp³-hybridized carbons (Fsp3) is 0.273.